The number of hydrogen-bond acceptors (Lipinski definition) is 4. The number of aryl methyl sites for hydroxylation is 1. The van der Waals surface area contributed by atoms with Crippen molar-refractivity contribution in [1.29, 1.82) is 0 Å². The van der Waals surface area contributed by atoms with Crippen molar-refractivity contribution in [3.63, 3.8) is 0 Å². The van der Waals surface area contributed by atoms with Gasteiger partial charge < -0.3 is 10.1 Å². The van der Waals surface area contributed by atoms with Crippen molar-refractivity contribution in [3.8, 4) is 5.75 Å². The van der Waals surface area contributed by atoms with E-state index >= 15 is 0 Å². The first-order valence-corrected chi connectivity index (χ1v) is 10.5. The molecular formula is C20H25NO4S. The summed E-state index contributed by atoms with van der Waals surface area (Å²) in [6.45, 7) is 5.59. The fraction of sp³-hybridized carbons (Fsp3) is 0.350. The maximum Gasteiger partial charge on any atom is 0.261 e. The maximum absolute atomic E-state index is 12.4. The molecule has 0 fully saturated rings. The molecule has 26 heavy (non-hydrogen) atoms. The molecule has 6 heteroatoms. The average molecular weight is 375 g/mol. The summed E-state index contributed by atoms with van der Waals surface area (Å²) in [5, 5.41) is 2.90. The van der Waals surface area contributed by atoms with E-state index in [9.17, 15) is 13.2 Å². The summed E-state index contributed by atoms with van der Waals surface area (Å²) in [6, 6.07) is 13.9. The van der Waals surface area contributed by atoms with Gasteiger partial charge in [-0.3, -0.25) is 4.79 Å². The van der Waals surface area contributed by atoms with E-state index in [1.807, 2.05) is 38.1 Å². The standard InChI is InChI=1S/C20H25NO4S/c1-5-16-8-6-7-9-19(16)25-15(3)20(22)21-14(2)17-10-12-18(13-11-17)26(4,23)24/h6-15H,5H2,1-4H3,(H,21,22)/t14-,15-/m1/s1. The lowest BCUT2D eigenvalue weighted by Crippen LogP contribution is -2.37. The van der Waals surface area contributed by atoms with Crippen molar-refractivity contribution in [2.75, 3.05) is 6.26 Å². The molecule has 0 aliphatic carbocycles. The molecular weight excluding hydrogens is 350 g/mol. The van der Waals surface area contributed by atoms with Gasteiger partial charge in [0.2, 0.25) is 0 Å². The molecule has 0 aromatic heterocycles. The Kier molecular flexibility index (Phi) is 6.42. The van der Waals surface area contributed by atoms with Crippen LogP contribution in [0, 0.1) is 0 Å². The molecule has 0 saturated heterocycles. The summed E-state index contributed by atoms with van der Waals surface area (Å²) < 4.78 is 28.8. The minimum absolute atomic E-state index is 0.226. The van der Waals surface area contributed by atoms with Crippen molar-refractivity contribution >= 4 is 15.7 Å². The van der Waals surface area contributed by atoms with Gasteiger partial charge in [0.05, 0.1) is 10.9 Å². The van der Waals surface area contributed by atoms with Crippen molar-refractivity contribution in [2.45, 2.75) is 44.2 Å². The molecule has 0 heterocycles. The second-order valence-corrected chi connectivity index (χ2v) is 8.31. The first-order valence-electron chi connectivity index (χ1n) is 8.57. The van der Waals surface area contributed by atoms with Gasteiger partial charge in [-0.25, -0.2) is 8.42 Å². The lowest BCUT2D eigenvalue weighted by Gasteiger charge is -2.20. The quantitative estimate of drug-likeness (QED) is 0.806. The maximum atomic E-state index is 12.4. The Morgan fingerprint density at radius 1 is 1.08 bits per heavy atom. The fourth-order valence-corrected chi connectivity index (χ4v) is 3.20. The smallest absolute Gasteiger partial charge is 0.261 e. The van der Waals surface area contributed by atoms with Gasteiger partial charge in [-0.1, -0.05) is 37.3 Å². The number of benzene rings is 2. The van der Waals surface area contributed by atoms with Crippen LogP contribution in [0.5, 0.6) is 5.75 Å². The van der Waals surface area contributed by atoms with E-state index in [1.165, 1.54) is 6.26 Å². The largest absolute Gasteiger partial charge is 0.481 e. The summed E-state index contributed by atoms with van der Waals surface area (Å²) >= 11 is 0. The number of carbonyl (C=O) groups is 1. The third-order valence-corrected chi connectivity index (χ3v) is 5.32. The number of sulfone groups is 1. The van der Waals surface area contributed by atoms with Crippen LogP contribution in [0.15, 0.2) is 53.4 Å². The van der Waals surface area contributed by atoms with Crippen LogP contribution in [0.4, 0.5) is 0 Å². The van der Waals surface area contributed by atoms with Crippen molar-refractivity contribution in [2.24, 2.45) is 0 Å². The molecule has 0 bridgehead atoms. The lowest BCUT2D eigenvalue weighted by molar-refractivity contribution is -0.127. The third-order valence-electron chi connectivity index (χ3n) is 4.19. The van der Waals surface area contributed by atoms with Crippen LogP contribution < -0.4 is 10.1 Å². The Morgan fingerprint density at radius 3 is 2.27 bits per heavy atom. The van der Waals surface area contributed by atoms with Crippen LogP contribution in [0.1, 0.15) is 37.9 Å². The van der Waals surface area contributed by atoms with Crippen LogP contribution >= 0.6 is 0 Å². The highest BCUT2D eigenvalue weighted by atomic mass is 32.2. The van der Waals surface area contributed by atoms with Crippen molar-refractivity contribution in [1.82, 2.24) is 5.32 Å². The molecule has 0 unspecified atom stereocenters. The summed E-state index contributed by atoms with van der Waals surface area (Å²) in [4.78, 5) is 12.7. The lowest BCUT2D eigenvalue weighted by atomic mass is 10.1. The van der Waals surface area contributed by atoms with E-state index in [1.54, 1.807) is 31.2 Å². The molecule has 2 aromatic carbocycles. The molecule has 1 amide bonds. The predicted molar refractivity (Wildman–Crippen MR) is 102 cm³/mol. The Hall–Kier alpha value is -2.34. The molecule has 2 rings (SSSR count). The van der Waals surface area contributed by atoms with Gasteiger partial charge >= 0.3 is 0 Å². The van der Waals surface area contributed by atoms with E-state index in [-0.39, 0.29) is 16.8 Å². The van der Waals surface area contributed by atoms with Crippen LogP contribution in [-0.4, -0.2) is 26.7 Å². The zero-order valence-electron chi connectivity index (χ0n) is 15.5. The minimum Gasteiger partial charge on any atom is -0.481 e. The summed E-state index contributed by atoms with van der Waals surface area (Å²) in [5.74, 6) is 0.485. The topological polar surface area (TPSA) is 72.5 Å². The average Bonchev–Trinajstić information content (AvgIpc) is 2.61. The van der Waals surface area contributed by atoms with Crippen LogP contribution in [-0.2, 0) is 21.1 Å². The molecule has 0 aliphatic rings. The van der Waals surface area contributed by atoms with Crippen LogP contribution in [0.3, 0.4) is 0 Å². The van der Waals surface area contributed by atoms with Gasteiger partial charge in [-0.15, -0.1) is 0 Å². The Balaban J connectivity index is 2.01. The predicted octanol–water partition coefficient (Wildman–Crippen LogP) is 3.30. The molecule has 1 N–H and O–H groups in total. The first-order chi connectivity index (χ1) is 12.2. The van der Waals surface area contributed by atoms with E-state index in [4.69, 9.17) is 4.74 Å². The third kappa shape index (κ3) is 5.08. The summed E-state index contributed by atoms with van der Waals surface area (Å²) in [5.41, 5.74) is 1.88. The van der Waals surface area contributed by atoms with Gasteiger partial charge in [0.25, 0.3) is 5.91 Å². The van der Waals surface area contributed by atoms with Gasteiger partial charge in [-0.2, -0.15) is 0 Å². The zero-order chi connectivity index (χ0) is 19.3. The summed E-state index contributed by atoms with van der Waals surface area (Å²) in [7, 11) is -3.23. The molecule has 0 radical (unpaired) electrons. The summed E-state index contributed by atoms with van der Waals surface area (Å²) in [6.07, 6.45) is 1.36. The molecule has 140 valence electrons. The van der Waals surface area contributed by atoms with E-state index < -0.39 is 15.9 Å². The number of ether oxygens (including phenoxy) is 1. The SMILES string of the molecule is CCc1ccccc1O[C@H](C)C(=O)N[C@H](C)c1ccc(S(C)(=O)=O)cc1. The van der Waals surface area contributed by atoms with Crippen LogP contribution in [0.25, 0.3) is 0 Å². The van der Waals surface area contributed by atoms with Crippen molar-refractivity contribution in [3.05, 3.63) is 59.7 Å². The number of hydrogen-bond donors (Lipinski definition) is 1. The number of carbonyl (C=O) groups excluding carboxylic acids is 1. The fourth-order valence-electron chi connectivity index (χ4n) is 2.57. The molecule has 0 aliphatic heterocycles. The molecule has 0 saturated carbocycles. The number of para-hydroxylation sites is 1. The van der Waals surface area contributed by atoms with Gasteiger partial charge in [0.15, 0.2) is 15.9 Å². The van der Waals surface area contributed by atoms with E-state index in [0.717, 1.165) is 17.5 Å². The number of rotatable bonds is 7. The van der Waals surface area contributed by atoms with Crippen LogP contribution in [0.2, 0.25) is 0 Å². The highest BCUT2D eigenvalue weighted by molar-refractivity contribution is 7.90. The highest BCUT2D eigenvalue weighted by Crippen LogP contribution is 2.20. The Bertz CT molecular complexity index is 860. The zero-order valence-corrected chi connectivity index (χ0v) is 16.3. The van der Waals surface area contributed by atoms with Crippen molar-refractivity contribution < 1.29 is 17.9 Å². The Labute approximate surface area is 155 Å². The van der Waals surface area contributed by atoms with Gasteiger partial charge in [-0.05, 0) is 49.6 Å². The first kappa shape index (κ1) is 20.0. The highest BCUT2D eigenvalue weighted by Gasteiger charge is 2.19. The molecule has 2 atom stereocenters. The number of nitrogens with one attached hydrogen (secondary N) is 1. The second-order valence-electron chi connectivity index (χ2n) is 6.29. The van der Waals surface area contributed by atoms with E-state index in [2.05, 4.69) is 5.32 Å². The normalized spacial score (nSPS) is 13.7. The molecule has 2 aromatic rings. The second kappa shape index (κ2) is 8.36. The van der Waals surface area contributed by atoms with Gasteiger partial charge in [0, 0.05) is 6.26 Å². The number of amides is 1. The van der Waals surface area contributed by atoms with Gasteiger partial charge in [0.1, 0.15) is 5.75 Å². The van der Waals surface area contributed by atoms with E-state index in [0.29, 0.717) is 5.75 Å². The minimum atomic E-state index is -3.23. The monoisotopic (exact) mass is 375 g/mol. The molecule has 0 spiro atoms. The molecule has 5 nitrogen and oxygen atoms in total. The Morgan fingerprint density at radius 2 is 1.69 bits per heavy atom.